The topological polar surface area (TPSA) is 58.1 Å². The molecule has 0 amide bonds. The number of nitrogens with one attached hydrogen (secondary N) is 2. The molecule has 1 atom stereocenters. The normalized spacial score (nSPS) is 23.6. The van der Waals surface area contributed by atoms with Gasteiger partial charge in [0.25, 0.3) is 0 Å². The molecule has 0 spiro atoms. The Hall–Kier alpha value is -1.66. The van der Waals surface area contributed by atoms with Gasteiger partial charge in [-0.1, -0.05) is 24.4 Å². The van der Waals surface area contributed by atoms with E-state index in [4.69, 9.17) is 21.1 Å². The molecule has 1 aromatic carbocycles. The third-order valence-corrected chi connectivity index (χ3v) is 6.23. The Morgan fingerprint density at radius 1 is 1.18 bits per heavy atom. The number of nitrogens with zero attached hydrogens (tertiary/aromatic N) is 2. The standard InChI is InChI=1S/C21H31ClN4O2/c1-23-21(25-16-7-8-26(14-16)17-5-2-3-6-17)24-13-15-11-18(22)20-19(12-15)27-9-4-10-28-20/h11-12,16-17H,2-10,13-14H2,1H3,(H2,23,24,25). The van der Waals surface area contributed by atoms with Gasteiger partial charge in [0.1, 0.15) is 0 Å². The van der Waals surface area contributed by atoms with E-state index in [9.17, 15) is 0 Å². The molecule has 6 nitrogen and oxygen atoms in total. The van der Waals surface area contributed by atoms with Gasteiger partial charge in [-0.3, -0.25) is 9.89 Å². The molecule has 0 aromatic heterocycles. The molecule has 28 heavy (non-hydrogen) atoms. The number of fused-ring (bicyclic) bond motifs is 1. The van der Waals surface area contributed by atoms with Crippen LogP contribution in [0, 0.1) is 0 Å². The highest BCUT2D eigenvalue weighted by molar-refractivity contribution is 6.32. The monoisotopic (exact) mass is 406 g/mol. The predicted molar refractivity (Wildman–Crippen MR) is 113 cm³/mol. The summed E-state index contributed by atoms with van der Waals surface area (Å²) in [7, 11) is 1.82. The number of likely N-dealkylation sites (tertiary alicyclic amines) is 1. The first-order valence-electron chi connectivity index (χ1n) is 10.5. The van der Waals surface area contributed by atoms with Gasteiger partial charge in [0.05, 0.1) is 18.2 Å². The van der Waals surface area contributed by atoms with Gasteiger partial charge in [-0.25, -0.2) is 0 Å². The van der Waals surface area contributed by atoms with Crippen LogP contribution in [0.5, 0.6) is 11.5 Å². The Balaban J connectivity index is 1.31. The molecule has 1 unspecified atom stereocenters. The fraction of sp³-hybridized carbons (Fsp3) is 0.667. The summed E-state index contributed by atoms with van der Waals surface area (Å²) in [6.45, 7) is 4.23. The van der Waals surface area contributed by atoms with Crippen LogP contribution in [0.4, 0.5) is 0 Å². The van der Waals surface area contributed by atoms with Crippen molar-refractivity contribution in [2.24, 2.45) is 4.99 Å². The van der Waals surface area contributed by atoms with Gasteiger partial charge in [0, 0.05) is 45.2 Å². The number of halogens is 1. The quantitative estimate of drug-likeness (QED) is 0.594. The van der Waals surface area contributed by atoms with Crippen molar-refractivity contribution in [2.45, 2.75) is 57.2 Å². The van der Waals surface area contributed by atoms with Crippen LogP contribution >= 0.6 is 11.6 Å². The van der Waals surface area contributed by atoms with Crippen LogP contribution in [-0.2, 0) is 6.54 Å². The van der Waals surface area contributed by atoms with Crippen molar-refractivity contribution >= 4 is 17.6 Å². The van der Waals surface area contributed by atoms with Gasteiger partial charge in [0.2, 0.25) is 0 Å². The zero-order valence-corrected chi connectivity index (χ0v) is 17.4. The first kappa shape index (κ1) is 19.6. The lowest BCUT2D eigenvalue weighted by atomic mass is 10.2. The van der Waals surface area contributed by atoms with Gasteiger partial charge in [-0.15, -0.1) is 0 Å². The van der Waals surface area contributed by atoms with Gasteiger partial charge in [-0.05, 0) is 37.0 Å². The number of hydrogen-bond donors (Lipinski definition) is 2. The summed E-state index contributed by atoms with van der Waals surface area (Å²) >= 11 is 6.40. The number of aliphatic imine (C=N–C) groups is 1. The molecule has 2 fully saturated rings. The van der Waals surface area contributed by atoms with Crippen molar-refractivity contribution in [1.29, 1.82) is 0 Å². The van der Waals surface area contributed by atoms with E-state index in [1.54, 1.807) is 0 Å². The fourth-order valence-corrected chi connectivity index (χ4v) is 4.75. The average molecular weight is 407 g/mol. The van der Waals surface area contributed by atoms with Crippen molar-refractivity contribution < 1.29 is 9.47 Å². The van der Waals surface area contributed by atoms with E-state index in [0.717, 1.165) is 36.3 Å². The minimum atomic E-state index is 0.458. The molecule has 3 aliphatic rings. The third-order valence-electron chi connectivity index (χ3n) is 5.95. The molecular weight excluding hydrogens is 376 g/mol. The van der Waals surface area contributed by atoms with E-state index in [1.807, 2.05) is 19.2 Å². The van der Waals surface area contributed by atoms with Crippen LogP contribution in [0.25, 0.3) is 0 Å². The first-order chi connectivity index (χ1) is 13.7. The highest BCUT2D eigenvalue weighted by Gasteiger charge is 2.30. The number of guanidine groups is 1. The maximum Gasteiger partial charge on any atom is 0.191 e. The number of hydrogen-bond acceptors (Lipinski definition) is 4. The molecule has 4 rings (SSSR count). The maximum atomic E-state index is 6.40. The highest BCUT2D eigenvalue weighted by Crippen LogP contribution is 2.38. The van der Waals surface area contributed by atoms with Crippen molar-refractivity contribution in [3.63, 3.8) is 0 Å². The van der Waals surface area contributed by atoms with E-state index in [-0.39, 0.29) is 0 Å². The Labute approximate surface area is 172 Å². The van der Waals surface area contributed by atoms with Gasteiger partial charge >= 0.3 is 0 Å². The number of ether oxygens (including phenoxy) is 2. The molecule has 154 valence electrons. The average Bonchev–Trinajstić information content (AvgIpc) is 3.33. The molecular formula is C21H31ClN4O2. The highest BCUT2D eigenvalue weighted by atomic mass is 35.5. The zero-order chi connectivity index (χ0) is 19.3. The lowest BCUT2D eigenvalue weighted by molar-refractivity contribution is 0.242. The van der Waals surface area contributed by atoms with Gasteiger partial charge in [0.15, 0.2) is 17.5 Å². The van der Waals surface area contributed by atoms with E-state index >= 15 is 0 Å². The minimum absolute atomic E-state index is 0.458. The van der Waals surface area contributed by atoms with Crippen LogP contribution in [-0.4, -0.2) is 56.3 Å². The van der Waals surface area contributed by atoms with Crippen LogP contribution in [0.3, 0.4) is 0 Å². The third kappa shape index (κ3) is 4.66. The minimum Gasteiger partial charge on any atom is -0.489 e. The second-order valence-corrected chi connectivity index (χ2v) is 8.35. The largest absolute Gasteiger partial charge is 0.489 e. The molecule has 7 heteroatoms. The second-order valence-electron chi connectivity index (χ2n) is 7.94. The molecule has 1 saturated carbocycles. The molecule has 1 saturated heterocycles. The predicted octanol–water partition coefficient (Wildman–Crippen LogP) is 3.18. The molecule has 2 N–H and O–H groups in total. The van der Waals surface area contributed by atoms with Crippen molar-refractivity contribution in [1.82, 2.24) is 15.5 Å². The number of rotatable bonds is 4. The summed E-state index contributed by atoms with van der Waals surface area (Å²) in [5, 5.41) is 7.60. The Morgan fingerprint density at radius 3 is 2.82 bits per heavy atom. The molecule has 0 radical (unpaired) electrons. The van der Waals surface area contributed by atoms with E-state index in [2.05, 4.69) is 20.5 Å². The van der Waals surface area contributed by atoms with Crippen molar-refractivity contribution in [3.05, 3.63) is 22.7 Å². The van der Waals surface area contributed by atoms with E-state index in [1.165, 1.54) is 38.6 Å². The van der Waals surface area contributed by atoms with Gasteiger partial charge in [-0.2, -0.15) is 0 Å². The summed E-state index contributed by atoms with van der Waals surface area (Å²) in [6, 6.07) is 5.20. The molecule has 2 heterocycles. The van der Waals surface area contributed by atoms with Crippen LogP contribution in [0.1, 0.15) is 44.1 Å². The SMILES string of the molecule is CN=C(NCc1cc(Cl)c2c(c1)OCCCO2)NC1CCN(C2CCCC2)C1. The molecule has 1 aliphatic carbocycles. The Morgan fingerprint density at radius 2 is 2.00 bits per heavy atom. The fourth-order valence-electron chi connectivity index (χ4n) is 4.47. The summed E-state index contributed by atoms with van der Waals surface area (Å²) in [6.07, 6.45) is 7.55. The Bertz CT molecular complexity index is 706. The van der Waals surface area contributed by atoms with E-state index < -0.39 is 0 Å². The lowest BCUT2D eigenvalue weighted by Crippen LogP contribution is -2.45. The second kappa shape index (κ2) is 9.23. The first-order valence-corrected chi connectivity index (χ1v) is 10.9. The van der Waals surface area contributed by atoms with Crippen molar-refractivity contribution in [2.75, 3.05) is 33.4 Å². The summed E-state index contributed by atoms with van der Waals surface area (Å²) in [5.41, 5.74) is 1.05. The van der Waals surface area contributed by atoms with Gasteiger partial charge < -0.3 is 20.1 Å². The molecule has 2 aliphatic heterocycles. The van der Waals surface area contributed by atoms with Crippen molar-refractivity contribution in [3.8, 4) is 11.5 Å². The maximum absolute atomic E-state index is 6.40. The van der Waals surface area contributed by atoms with E-state index in [0.29, 0.717) is 36.6 Å². The summed E-state index contributed by atoms with van der Waals surface area (Å²) < 4.78 is 11.5. The molecule has 1 aromatic rings. The van der Waals surface area contributed by atoms with Crippen LogP contribution in [0.15, 0.2) is 17.1 Å². The van der Waals surface area contributed by atoms with Crippen LogP contribution < -0.4 is 20.1 Å². The Kier molecular flexibility index (Phi) is 6.47. The summed E-state index contributed by atoms with van der Waals surface area (Å²) in [4.78, 5) is 7.06. The lowest BCUT2D eigenvalue weighted by Gasteiger charge is -2.24. The summed E-state index contributed by atoms with van der Waals surface area (Å²) in [5.74, 6) is 2.22. The zero-order valence-electron chi connectivity index (χ0n) is 16.7. The number of benzene rings is 1. The molecule has 0 bridgehead atoms. The van der Waals surface area contributed by atoms with Crippen LogP contribution in [0.2, 0.25) is 5.02 Å². The smallest absolute Gasteiger partial charge is 0.191 e.